The lowest BCUT2D eigenvalue weighted by atomic mass is 10.3. The smallest absolute Gasteiger partial charge is 0.497 e. The maximum absolute atomic E-state index is 5.39. The van der Waals surface area contributed by atoms with Crippen LogP contribution in [0.3, 0.4) is 0 Å². The summed E-state index contributed by atoms with van der Waals surface area (Å²) in [4.78, 5) is 0. The summed E-state index contributed by atoms with van der Waals surface area (Å²) < 4.78 is 22.3. The van der Waals surface area contributed by atoms with E-state index in [-0.39, 0.29) is 0 Å². The van der Waals surface area contributed by atoms with Crippen LogP contribution in [-0.4, -0.2) is 37.2 Å². The van der Waals surface area contributed by atoms with Gasteiger partial charge in [-0.15, -0.1) is 0 Å². The van der Waals surface area contributed by atoms with Crippen molar-refractivity contribution in [1.82, 2.24) is 0 Å². The fourth-order valence-corrected chi connectivity index (χ4v) is 4.00. The van der Waals surface area contributed by atoms with Gasteiger partial charge in [0.15, 0.2) is 0 Å². The molecule has 0 fully saturated rings. The van der Waals surface area contributed by atoms with Crippen molar-refractivity contribution >= 4 is 29.9 Å². The summed E-state index contributed by atoms with van der Waals surface area (Å²) in [6.45, 7) is 0. The van der Waals surface area contributed by atoms with E-state index in [9.17, 15) is 0 Å². The fraction of sp³-hybridized carbons (Fsp3) is 0.400. The number of hydrogen-bond acceptors (Lipinski definition) is 4. The summed E-state index contributed by atoms with van der Waals surface area (Å²) in [6, 6.07) is 5.63. The van der Waals surface area contributed by atoms with Crippen LogP contribution in [0.5, 0.6) is 5.75 Å². The minimum atomic E-state index is -2.78. The van der Waals surface area contributed by atoms with Crippen LogP contribution in [0, 0.1) is 0 Å². The highest BCUT2D eigenvalue weighted by Gasteiger charge is 2.41. The van der Waals surface area contributed by atoms with Gasteiger partial charge in [-0.1, -0.05) is 15.9 Å². The van der Waals surface area contributed by atoms with Gasteiger partial charge in [-0.05, 0) is 18.2 Å². The molecule has 6 heteroatoms. The van der Waals surface area contributed by atoms with E-state index in [0.29, 0.717) is 0 Å². The van der Waals surface area contributed by atoms with Crippen LogP contribution in [-0.2, 0) is 13.3 Å². The lowest BCUT2D eigenvalue weighted by Crippen LogP contribution is -2.54. The molecule has 0 N–H and O–H groups in total. The van der Waals surface area contributed by atoms with E-state index in [4.69, 9.17) is 18.0 Å². The highest BCUT2D eigenvalue weighted by atomic mass is 79.9. The maximum Gasteiger partial charge on any atom is 0.536 e. The summed E-state index contributed by atoms with van der Waals surface area (Å²) in [7, 11) is 3.56. The highest BCUT2D eigenvalue weighted by molar-refractivity contribution is 9.10. The molecule has 0 spiro atoms. The number of rotatable bonds is 5. The minimum absolute atomic E-state index is 0.729. The van der Waals surface area contributed by atoms with Gasteiger partial charge in [-0.25, -0.2) is 0 Å². The van der Waals surface area contributed by atoms with E-state index in [0.717, 1.165) is 15.4 Å². The third-order valence-electron chi connectivity index (χ3n) is 2.27. The summed E-state index contributed by atoms with van der Waals surface area (Å²) in [6.07, 6.45) is 0. The Hall–Kier alpha value is -0.403. The average Bonchev–Trinajstić information content (AvgIpc) is 2.31. The molecule has 0 aliphatic heterocycles. The van der Waals surface area contributed by atoms with Crippen LogP contribution in [0.1, 0.15) is 0 Å². The molecule has 0 atom stereocenters. The van der Waals surface area contributed by atoms with Crippen LogP contribution in [0.15, 0.2) is 22.7 Å². The second kappa shape index (κ2) is 5.79. The lowest BCUT2D eigenvalue weighted by Gasteiger charge is -2.25. The molecule has 0 unspecified atom stereocenters. The number of ether oxygens (including phenoxy) is 1. The van der Waals surface area contributed by atoms with Gasteiger partial charge in [0, 0.05) is 31.0 Å². The predicted octanol–water partition coefficient (Wildman–Crippen LogP) is 1.54. The largest absolute Gasteiger partial charge is 0.536 e. The SMILES string of the molecule is COc1cc(Br)cc([Si](OC)(OC)OC)c1. The molecule has 0 aromatic heterocycles. The predicted molar refractivity (Wildman–Crippen MR) is 67.1 cm³/mol. The van der Waals surface area contributed by atoms with Crippen molar-refractivity contribution in [2.45, 2.75) is 0 Å². The molecule has 16 heavy (non-hydrogen) atoms. The molecule has 0 aliphatic carbocycles. The van der Waals surface area contributed by atoms with Gasteiger partial charge in [-0.2, -0.15) is 0 Å². The lowest BCUT2D eigenvalue weighted by molar-refractivity contribution is 0.140. The maximum atomic E-state index is 5.39. The number of benzene rings is 1. The van der Waals surface area contributed by atoms with Crippen molar-refractivity contribution in [2.75, 3.05) is 28.4 Å². The Balaban J connectivity index is 3.23. The van der Waals surface area contributed by atoms with Gasteiger partial charge in [0.1, 0.15) is 5.75 Å². The standard InChI is InChI=1S/C10H15BrO4Si/c1-12-9-5-8(11)6-10(7-9)16(13-2,14-3)15-4/h5-7H,1-4H3. The first kappa shape index (κ1) is 13.7. The summed E-state index contributed by atoms with van der Waals surface area (Å²) in [5.74, 6) is 0.729. The van der Waals surface area contributed by atoms with E-state index < -0.39 is 8.80 Å². The number of hydrogen-bond donors (Lipinski definition) is 0. The summed E-state index contributed by atoms with van der Waals surface area (Å²) >= 11 is 3.41. The topological polar surface area (TPSA) is 36.9 Å². The monoisotopic (exact) mass is 306 g/mol. The Morgan fingerprint density at radius 2 is 1.50 bits per heavy atom. The molecule has 1 rings (SSSR count). The molecular weight excluding hydrogens is 292 g/mol. The molecule has 90 valence electrons. The normalized spacial score (nSPS) is 11.6. The molecule has 0 aliphatic rings. The third-order valence-corrected chi connectivity index (χ3v) is 5.33. The van der Waals surface area contributed by atoms with Gasteiger partial charge >= 0.3 is 8.80 Å². The van der Waals surface area contributed by atoms with Gasteiger partial charge in [-0.3, -0.25) is 0 Å². The zero-order valence-corrected chi connectivity index (χ0v) is 12.3. The van der Waals surface area contributed by atoms with Crippen molar-refractivity contribution in [2.24, 2.45) is 0 Å². The first-order valence-corrected chi connectivity index (χ1v) is 7.14. The van der Waals surface area contributed by atoms with E-state index in [1.807, 2.05) is 18.2 Å². The molecule has 0 saturated heterocycles. The molecular formula is C10H15BrO4Si. The average molecular weight is 307 g/mol. The Morgan fingerprint density at radius 1 is 0.938 bits per heavy atom. The second-order valence-corrected chi connectivity index (χ2v) is 6.88. The van der Waals surface area contributed by atoms with Crippen molar-refractivity contribution in [3.05, 3.63) is 22.7 Å². The Labute approximate surface area is 105 Å². The first-order valence-electron chi connectivity index (χ1n) is 4.62. The van der Waals surface area contributed by atoms with Crippen molar-refractivity contribution < 1.29 is 18.0 Å². The second-order valence-electron chi connectivity index (χ2n) is 3.05. The fourth-order valence-electron chi connectivity index (χ4n) is 1.46. The molecule has 1 aromatic carbocycles. The molecule has 1 aromatic rings. The Morgan fingerprint density at radius 3 is 1.94 bits per heavy atom. The number of methoxy groups -OCH3 is 1. The molecule has 0 bridgehead atoms. The zero-order valence-electron chi connectivity index (χ0n) is 9.74. The highest BCUT2D eigenvalue weighted by Crippen LogP contribution is 2.19. The van der Waals surface area contributed by atoms with E-state index in [2.05, 4.69) is 15.9 Å². The molecule has 4 nitrogen and oxygen atoms in total. The first-order chi connectivity index (χ1) is 7.61. The van der Waals surface area contributed by atoms with E-state index in [1.54, 1.807) is 28.4 Å². The van der Waals surface area contributed by atoms with Crippen LogP contribution in [0.25, 0.3) is 0 Å². The van der Waals surface area contributed by atoms with Crippen molar-refractivity contribution in [3.63, 3.8) is 0 Å². The molecule has 0 amide bonds. The Kier molecular flexibility index (Phi) is 4.94. The van der Waals surface area contributed by atoms with Crippen molar-refractivity contribution in [1.29, 1.82) is 0 Å². The number of halogens is 1. The molecule has 0 heterocycles. The van der Waals surface area contributed by atoms with Gasteiger partial charge < -0.3 is 18.0 Å². The van der Waals surface area contributed by atoms with Gasteiger partial charge in [0.25, 0.3) is 0 Å². The van der Waals surface area contributed by atoms with Gasteiger partial charge in [0.2, 0.25) is 0 Å². The quantitative estimate of drug-likeness (QED) is 0.773. The molecule has 0 saturated carbocycles. The zero-order chi connectivity index (χ0) is 12.2. The Bertz CT molecular complexity index is 346. The summed E-state index contributed by atoms with van der Waals surface area (Å²) in [5.41, 5.74) is 0. The molecule has 0 radical (unpaired) electrons. The third kappa shape index (κ3) is 2.64. The van der Waals surface area contributed by atoms with Crippen LogP contribution >= 0.6 is 15.9 Å². The van der Waals surface area contributed by atoms with Gasteiger partial charge in [0.05, 0.1) is 7.11 Å². The summed E-state index contributed by atoms with van der Waals surface area (Å²) in [5, 5.41) is 0.853. The van der Waals surface area contributed by atoms with Crippen LogP contribution < -0.4 is 9.92 Å². The minimum Gasteiger partial charge on any atom is -0.497 e. The van der Waals surface area contributed by atoms with Crippen LogP contribution in [0.4, 0.5) is 0 Å². The van der Waals surface area contributed by atoms with E-state index in [1.165, 1.54) is 0 Å². The van der Waals surface area contributed by atoms with Crippen molar-refractivity contribution in [3.8, 4) is 5.75 Å². The van der Waals surface area contributed by atoms with E-state index >= 15 is 0 Å². The van der Waals surface area contributed by atoms with Crippen LogP contribution in [0.2, 0.25) is 0 Å².